The molecule has 0 fully saturated rings. The highest BCUT2D eigenvalue weighted by Crippen LogP contribution is 2.40. The van der Waals surface area contributed by atoms with Crippen LogP contribution in [0.2, 0.25) is 5.15 Å². The average molecular weight is 369 g/mol. The molecule has 0 spiro atoms. The maximum atomic E-state index is 12.5. The number of amides is 1. The predicted molar refractivity (Wildman–Crippen MR) is 104 cm³/mol. The van der Waals surface area contributed by atoms with E-state index in [1.165, 1.54) is 0 Å². The number of nitrogens with one attached hydrogen (secondary N) is 2. The van der Waals surface area contributed by atoms with Gasteiger partial charge < -0.3 is 20.1 Å². The first-order valence-electron chi connectivity index (χ1n) is 8.12. The molecule has 6 heteroatoms. The summed E-state index contributed by atoms with van der Waals surface area (Å²) in [5, 5.41) is 14.2. The van der Waals surface area contributed by atoms with E-state index >= 15 is 0 Å². The number of aromatic nitrogens is 1. The van der Waals surface area contributed by atoms with Crippen LogP contribution in [-0.2, 0) is 4.79 Å². The minimum Gasteiger partial charge on any atom is -0.508 e. The van der Waals surface area contributed by atoms with Gasteiger partial charge in [-0.25, -0.2) is 0 Å². The number of hydrogen-bond donors (Lipinski definition) is 3. The van der Waals surface area contributed by atoms with Crippen LogP contribution in [0.4, 0.5) is 5.69 Å². The third-order valence-corrected chi connectivity index (χ3v) is 5.01. The van der Waals surface area contributed by atoms with Gasteiger partial charge in [0, 0.05) is 33.3 Å². The quantitative estimate of drug-likeness (QED) is 0.455. The van der Waals surface area contributed by atoms with Crippen molar-refractivity contribution in [2.45, 2.75) is 13.8 Å². The Morgan fingerprint density at radius 1 is 1.15 bits per heavy atom. The first-order valence-corrected chi connectivity index (χ1v) is 8.49. The molecule has 1 aromatic heterocycles. The number of aryl methyl sites for hydroxylation is 2. The number of aromatic amines is 1. The highest BCUT2D eigenvalue weighted by Gasteiger charge is 2.26. The maximum absolute atomic E-state index is 12.5. The standard InChI is InChI=1S/C20H17ClN2O3/c1-9-4-16-11(7-17(9)24)14(20(25)23-16)6-13-12-8-18(26-3)10(2)5-15(12)22-19(13)21/h4-8,22,24H,1-3H3,(H,23,25)/b14-6+. The summed E-state index contributed by atoms with van der Waals surface area (Å²) >= 11 is 6.40. The molecule has 132 valence electrons. The molecule has 2 aromatic carbocycles. The van der Waals surface area contributed by atoms with Crippen molar-refractivity contribution in [1.82, 2.24) is 4.98 Å². The van der Waals surface area contributed by atoms with Crippen molar-refractivity contribution in [2.75, 3.05) is 12.4 Å². The minimum absolute atomic E-state index is 0.147. The molecule has 3 N–H and O–H groups in total. The number of fused-ring (bicyclic) bond motifs is 2. The molecule has 1 aliphatic rings. The second-order valence-corrected chi connectivity index (χ2v) is 6.79. The van der Waals surface area contributed by atoms with Gasteiger partial charge in [0.05, 0.1) is 7.11 Å². The molecular formula is C20H17ClN2O3. The minimum atomic E-state index is -0.227. The lowest BCUT2D eigenvalue weighted by molar-refractivity contribution is -0.110. The molecule has 3 aromatic rings. The number of rotatable bonds is 2. The van der Waals surface area contributed by atoms with Crippen molar-refractivity contribution >= 4 is 45.7 Å². The second-order valence-electron chi connectivity index (χ2n) is 6.42. The Labute approximate surface area is 155 Å². The summed E-state index contributed by atoms with van der Waals surface area (Å²) in [6, 6.07) is 7.22. The molecule has 2 heterocycles. The van der Waals surface area contributed by atoms with Crippen LogP contribution in [0.15, 0.2) is 24.3 Å². The Bertz CT molecular complexity index is 1110. The van der Waals surface area contributed by atoms with Crippen LogP contribution in [0.25, 0.3) is 22.6 Å². The molecule has 26 heavy (non-hydrogen) atoms. The molecule has 0 aliphatic carbocycles. The van der Waals surface area contributed by atoms with Gasteiger partial charge in [0.15, 0.2) is 0 Å². The Kier molecular flexibility index (Phi) is 3.70. The number of benzene rings is 2. The van der Waals surface area contributed by atoms with Crippen molar-refractivity contribution < 1.29 is 14.6 Å². The van der Waals surface area contributed by atoms with Crippen molar-refractivity contribution in [2.24, 2.45) is 0 Å². The first kappa shape index (κ1) is 16.5. The van der Waals surface area contributed by atoms with Crippen LogP contribution in [0, 0.1) is 13.8 Å². The predicted octanol–water partition coefficient (Wildman–Crippen LogP) is 4.65. The summed E-state index contributed by atoms with van der Waals surface area (Å²) in [5.41, 5.74) is 5.06. The van der Waals surface area contributed by atoms with Crippen molar-refractivity contribution in [3.63, 3.8) is 0 Å². The number of phenols is 1. The zero-order valence-electron chi connectivity index (χ0n) is 14.5. The second kappa shape index (κ2) is 5.81. The van der Waals surface area contributed by atoms with Crippen LogP contribution in [-0.4, -0.2) is 23.1 Å². The molecule has 4 rings (SSSR count). The normalized spacial score (nSPS) is 14.8. The van der Waals surface area contributed by atoms with Crippen LogP contribution >= 0.6 is 11.6 Å². The largest absolute Gasteiger partial charge is 0.508 e. The van der Waals surface area contributed by atoms with Gasteiger partial charge in [-0.15, -0.1) is 0 Å². The van der Waals surface area contributed by atoms with Crippen LogP contribution in [0.3, 0.4) is 0 Å². The molecule has 0 saturated carbocycles. The first-order chi connectivity index (χ1) is 12.4. The number of carbonyl (C=O) groups is 1. The van der Waals surface area contributed by atoms with E-state index in [0.29, 0.717) is 33.1 Å². The van der Waals surface area contributed by atoms with E-state index in [-0.39, 0.29) is 11.7 Å². The van der Waals surface area contributed by atoms with E-state index in [1.807, 2.05) is 19.1 Å². The maximum Gasteiger partial charge on any atom is 0.256 e. The summed E-state index contributed by atoms with van der Waals surface area (Å²) < 4.78 is 5.40. The lowest BCUT2D eigenvalue weighted by Gasteiger charge is -2.05. The molecule has 1 amide bonds. The fraction of sp³-hybridized carbons (Fsp3) is 0.150. The number of H-pyrrole nitrogens is 1. The van der Waals surface area contributed by atoms with E-state index in [1.54, 1.807) is 32.2 Å². The zero-order valence-corrected chi connectivity index (χ0v) is 15.3. The fourth-order valence-electron chi connectivity index (χ4n) is 3.30. The van der Waals surface area contributed by atoms with E-state index in [0.717, 1.165) is 22.2 Å². The van der Waals surface area contributed by atoms with Gasteiger partial charge >= 0.3 is 0 Å². The number of anilines is 1. The lowest BCUT2D eigenvalue weighted by atomic mass is 10.0. The van der Waals surface area contributed by atoms with Crippen molar-refractivity contribution in [1.29, 1.82) is 0 Å². The molecule has 1 aliphatic heterocycles. The number of halogens is 1. The molecule has 5 nitrogen and oxygen atoms in total. The topological polar surface area (TPSA) is 74.3 Å². The third kappa shape index (κ3) is 2.44. The summed E-state index contributed by atoms with van der Waals surface area (Å²) in [4.78, 5) is 15.6. The summed E-state index contributed by atoms with van der Waals surface area (Å²) in [5.74, 6) is 0.667. The van der Waals surface area contributed by atoms with Crippen molar-refractivity contribution in [3.05, 3.63) is 51.7 Å². The van der Waals surface area contributed by atoms with E-state index in [4.69, 9.17) is 16.3 Å². The van der Waals surface area contributed by atoms with Gasteiger partial charge in [0.25, 0.3) is 5.91 Å². The zero-order chi connectivity index (χ0) is 18.6. The number of methoxy groups -OCH3 is 1. The highest BCUT2D eigenvalue weighted by atomic mass is 35.5. The number of carbonyl (C=O) groups excluding carboxylic acids is 1. The van der Waals surface area contributed by atoms with E-state index in [9.17, 15) is 9.90 Å². The summed E-state index contributed by atoms with van der Waals surface area (Å²) in [6.07, 6.45) is 1.74. The lowest BCUT2D eigenvalue weighted by Crippen LogP contribution is -2.03. The van der Waals surface area contributed by atoms with Gasteiger partial charge in [0.2, 0.25) is 0 Å². The van der Waals surface area contributed by atoms with E-state index in [2.05, 4.69) is 10.3 Å². The molecule has 0 saturated heterocycles. The summed E-state index contributed by atoms with van der Waals surface area (Å²) in [6.45, 7) is 3.74. The van der Waals surface area contributed by atoms with Crippen LogP contribution in [0.1, 0.15) is 22.3 Å². The van der Waals surface area contributed by atoms with Gasteiger partial charge in [-0.3, -0.25) is 4.79 Å². The molecular weight excluding hydrogens is 352 g/mol. The molecule has 0 unspecified atom stereocenters. The number of ether oxygens (including phenoxy) is 1. The number of aromatic hydroxyl groups is 1. The van der Waals surface area contributed by atoms with Crippen LogP contribution < -0.4 is 10.1 Å². The van der Waals surface area contributed by atoms with Gasteiger partial charge in [-0.05, 0) is 55.3 Å². The summed E-state index contributed by atoms with van der Waals surface area (Å²) in [7, 11) is 1.62. The van der Waals surface area contributed by atoms with Gasteiger partial charge in [0.1, 0.15) is 16.7 Å². The average Bonchev–Trinajstić information content (AvgIpc) is 3.04. The van der Waals surface area contributed by atoms with Crippen molar-refractivity contribution in [3.8, 4) is 11.5 Å². The Morgan fingerprint density at radius 2 is 1.92 bits per heavy atom. The smallest absolute Gasteiger partial charge is 0.256 e. The van der Waals surface area contributed by atoms with Gasteiger partial charge in [-0.1, -0.05) is 11.6 Å². The fourth-order valence-corrected chi connectivity index (χ4v) is 3.56. The highest BCUT2D eigenvalue weighted by molar-refractivity contribution is 6.38. The number of phenolic OH excluding ortho intramolecular Hbond substituents is 1. The monoisotopic (exact) mass is 368 g/mol. The Balaban J connectivity index is 1.94. The number of hydrogen-bond acceptors (Lipinski definition) is 3. The van der Waals surface area contributed by atoms with E-state index < -0.39 is 0 Å². The molecule has 0 radical (unpaired) electrons. The van der Waals surface area contributed by atoms with Crippen LogP contribution in [0.5, 0.6) is 11.5 Å². The molecule has 0 bridgehead atoms. The Hall–Kier alpha value is -2.92. The Morgan fingerprint density at radius 3 is 2.65 bits per heavy atom. The third-order valence-electron chi connectivity index (χ3n) is 4.71. The SMILES string of the molecule is COc1cc2c(/C=C3/C(=O)Nc4cc(C)c(O)cc43)c(Cl)[nH]c2cc1C. The molecule has 0 atom stereocenters. The van der Waals surface area contributed by atoms with Gasteiger partial charge in [-0.2, -0.15) is 0 Å².